The summed E-state index contributed by atoms with van der Waals surface area (Å²) in [4.78, 5) is 2.46. The van der Waals surface area contributed by atoms with Crippen LogP contribution in [0.25, 0.3) is 11.1 Å². The summed E-state index contributed by atoms with van der Waals surface area (Å²) in [5.41, 5.74) is 1.47. The fourth-order valence-electron chi connectivity index (χ4n) is 3.62. The number of aromatic nitrogens is 2. The van der Waals surface area contributed by atoms with Gasteiger partial charge in [0.25, 0.3) is 0 Å². The molecule has 0 aliphatic carbocycles. The number of halogens is 1. The third-order valence-corrected chi connectivity index (χ3v) is 4.83. The predicted octanol–water partition coefficient (Wildman–Crippen LogP) is 2.66. The number of hydrogen-bond acceptors (Lipinski definition) is 3. The Bertz CT molecular complexity index is 644. The Kier molecular flexibility index (Phi) is 2.96. The van der Waals surface area contributed by atoms with Crippen molar-refractivity contribution in [3.05, 3.63) is 36.3 Å². The van der Waals surface area contributed by atoms with Crippen LogP contribution in [0, 0.1) is 11.7 Å². The molecule has 0 radical (unpaired) electrons. The maximum absolute atomic E-state index is 13.0. The first-order valence-corrected chi connectivity index (χ1v) is 7.47. The van der Waals surface area contributed by atoms with E-state index in [0.717, 1.165) is 12.1 Å². The summed E-state index contributed by atoms with van der Waals surface area (Å²) in [6.45, 7) is 3.37. The second kappa shape index (κ2) is 4.84. The van der Waals surface area contributed by atoms with E-state index in [1.165, 1.54) is 38.1 Å². The minimum absolute atomic E-state index is 0.0260. The Morgan fingerprint density at radius 1 is 1.14 bits per heavy atom. The normalized spacial score (nSPS) is 28.0. The van der Waals surface area contributed by atoms with E-state index in [2.05, 4.69) is 10.00 Å². The van der Waals surface area contributed by atoms with Crippen LogP contribution in [0.4, 0.5) is 4.39 Å². The smallest absolute Gasteiger partial charge is 0.238 e. The molecule has 0 spiro atoms. The van der Waals surface area contributed by atoms with Crippen LogP contribution in [0.15, 0.2) is 30.5 Å². The average molecular weight is 287 g/mol. The zero-order chi connectivity index (χ0) is 14.4. The number of benzene rings is 1. The largest absolute Gasteiger partial charge is 0.492 e. The number of nitrogens with zero attached hydrogens (tertiary/aromatic N) is 3. The zero-order valence-corrected chi connectivity index (χ0v) is 11.7. The monoisotopic (exact) mass is 287 g/mol. The SMILES string of the molecule is Oc1nn(C2CN3CCC2CC3)cc1-c1ccc(F)cc1. The van der Waals surface area contributed by atoms with Crippen LogP contribution < -0.4 is 0 Å². The molecule has 1 aromatic carbocycles. The molecule has 5 heteroatoms. The highest BCUT2D eigenvalue weighted by atomic mass is 19.1. The molecule has 3 fully saturated rings. The van der Waals surface area contributed by atoms with E-state index in [1.807, 2.05) is 10.9 Å². The molecule has 2 bridgehead atoms. The molecule has 2 aromatic rings. The topological polar surface area (TPSA) is 41.3 Å². The lowest BCUT2D eigenvalue weighted by molar-refractivity contribution is 0.0508. The predicted molar refractivity (Wildman–Crippen MR) is 77.5 cm³/mol. The second-order valence-electron chi connectivity index (χ2n) is 6.06. The maximum atomic E-state index is 13.0. The molecule has 4 heterocycles. The van der Waals surface area contributed by atoms with Gasteiger partial charge in [-0.2, -0.15) is 0 Å². The van der Waals surface area contributed by atoms with Crippen LogP contribution >= 0.6 is 0 Å². The summed E-state index contributed by atoms with van der Waals surface area (Å²) in [6.07, 6.45) is 4.31. The first kappa shape index (κ1) is 12.8. The highest BCUT2D eigenvalue weighted by Crippen LogP contribution is 2.37. The van der Waals surface area contributed by atoms with Gasteiger partial charge in [0.2, 0.25) is 5.88 Å². The van der Waals surface area contributed by atoms with Gasteiger partial charge >= 0.3 is 0 Å². The molecule has 1 atom stereocenters. The Labute approximate surface area is 122 Å². The van der Waals surface area contributed by atoms with Gasteiger partial charge in [-0.15, -0.1) is 5.10 Å². The van der Waals surface area contributed by atoms with Crippen LogP contribution in [-0.4, -0.2) is 39.4 Å². The Morgan fingerprint density at radius 2 is 1.86 bits per heavy atom. The van der Waals surface area contributed by atoms with Gasteiger partial charge in [-0.3, -0.25) is 4.68 Å². The summed E-state index contributed by atoms with van der Waals surface area (Å²) in [6, 6.07) is 6.49. The molecule has 110 valence electrons. The first-order chi connectivity index (χ1) is 10.2. The number of aromatic hydroxyl groups is 1. The van der Waals surface area contributed by atoms with Crippen molar-refractivity contribution >= 4 is 0 Å². The minimum atomic E-state index is -0.275. The molecule has 21 heavy (non-hydrogen) atoms. The van der Waals surface area contributed by atoms with Gasteiger partial charge < -0.3 is 10.0 Å². The highest BCUT2D eigenvalue weighted by Gasteiger charge is 2.36. The number of fused-ring (bicyclic) bond motifs is 3. The van der Waals surface area contributed by atoms with E-state index < -0.39 is 0 Å². The molecule has 1 unspecified atom stereocenters. The highest BCUT2D eigenvalue weighted by molar-refractivity contribution is 5.67. The molecule has 4 nitrogen and oxygen atoms in total. The lowest BCUT2D eigenvalue weighted by Gasteiger charge is -2.44. The van der Waals surface area contributed by atoms with Crippen molar-refractivity contribution in [1.29, 1.82) is 0 Å². The summed E-state index contributed by atoms with van der Waals surface area (Å²) >= 11 is 0. The van der Waals surface area contributed by atoms with Crippen molar-refractivity contribution < 1.29 is 9.50 Å². The van der Waals surface area contributed by atoms with Crippen molar-refractivity contribution in [2.75, 3.05) is 19.6 Å². The molecule has 3 aliphatic rings. The van der Waals surface area contributed by atoms with Crippen LogP contribution in [0.2, 0.25) is 0 Å². The number of hydrogen-bond donors (Lipinski definition) is 1. The fraction of sp³-hybridized carbons (Fsp3) is 0.438. The van der Waals surface area contributed by atoms with Gasteiger partial charge in [0, 0.05) is 12.7 Å². The lowest BCUT2D eigenvalue weighted by atomic mass is 9.84. The third-order valence-electron chi connectivity index (χ3n) is 4.83. The van der Waals surface area contributed by atoms with Crippen LogP contribution in [0.3, 0.4) is 0 Å². The zero-order valence-electron chi connectivity index (χ0n) is 11.7. The minimum Gasteiger partial charge on any atom is -0.492 e. The molecule has 5 rings (SSSR count). The molecule has 1 aromatic heterocycles. The van der Waals surface area contributed by atoms with Gasteiger partial charge in [0.1, 0.15) is 5.82 Å². The summed E-state index contributed by atoms with van der Waals surface area (Å²) < 4.78 is 14.9. The quantitative estimate of drug-likeness (QED) is 0.923. The standard InChI is InChI=1S/C16H18FN3O/c17-13-3-1-11(2-4-13)14-9-20(18-16(14)21)15-10-19-7-5-12(15)6-8-19/h1-4,9,12,15H,5-8,10H2,(H,18,21). The van der Waals surface area contributed by atoms with Crippen molar-refractivity contribution in [2.24, 2.45) is 5.92 Å². The number of rotatable bonds is 2. The van der Waals surface area contributed by atoms with Crippen LogP contribution in [-0.2, 0) is 0 Å². The average Bonchev–Trinajstić information content (AvgIpc) is 2.91. The Morgan fingerprint density at radius 3 is 2.48 bits per heavy atom. The molecule has 1 N–H and O–H groups in total. The molecule has 3 aliphatic heterocycles. The van der Waals surface area contributed by atoms with Crippen LogP contribution in [0.5, 0.6) is 5.88 Å². The molecule has 0 saturated carbocycles. The van der Waals surface area contributed by atoms with Gasteiger partial charge in [-0.1, -0.05) is 12.1 Å². The van der Waals surface area contributed by atoms with Crippen molar-refractivity contribution in [3.8, 4) is 17.0 Å². The molecular weight excluding hydrogens is 269 g/mol. The van der Waals surface area contributed by atoms with E-state index in [9.17, 15) is 9.50 Å². The molecule has 3 saturated heterocycles. The second-order valence-corrected chi connectivity index (χ2v) is 6.06. The van der Waals surface area contributed by atoms with E-state index >= 15 is 0 Å². The van der Waals surface area contributed by atoms with Crippen LogP contribution in [0.1, 0.15) is 18.9 Å². The maximum Gasteiger partial charge on any atom is 0.238 e. The summed E-state index contributed by atoms with van der Waals surface area (Å²) in [5, 5.41) is 14.4. The molecular formula is C16H18FN3O. The Balaban J connectivity index is 1.66. The lowest BCUT2D eigenvalue weighted by Crippen LogP contribution is -2.48. The van der Waals surface area contributed by atoms with Gasteiger partial charge in [0.15, 0.2) is 0 Å². The van der Waals surface area contributed by atoms with Crippen molar-refractivity contribution in [2.45, 2.75) is 18.9 Å². The van der Waals surface area contributed by atoms with E-state index in [0.29, 0.717) is 17.5 Å². The van der Waals surface area contributed by atoms with Gasteiger partial charge in [-0.25, -0.2) is 4.39 Å². The van der Waals surface area contributed by atoms with Crippen molar-refractivity contribution in [3.63, 3.8) is 0 Å². The van der Waals surface area contributed by atoms with E-state index in [-0.39, 0.29) is 11.7 Å². The van der Waals surface area contributed by atoms with E-state index in [4.69, 9.17) is 0 Å². The van der Waals surface area contributed by atoms with Gasteiger partial charge in [0.05, 0.1) is 11.6 Å². The summed E-state index contributed by atoms with van der Waals surface area (Å²) in [5.74, 6) is 0.399. The number of piperidine rings is 3. The van der Waals surface area contributed by atoms with Gasteiger partial charge in [-0.05, 0) is 49.5 Å². The summed E-state index contributed by atoms with van der Waals surface area (Å²) in [7, 11) is 0. The molecule has 0 amide bonds. The first-order valence-electron chi connectivity index (χ1n) is 7.47. The fourth-order valence-corrected chi connectivity index (χ4v) is 3.62. The Hall–Kier alpha value is -1.88. The third kappa shape index (κ3) is 2.21. The van der Waals surface area contributed by atoms with E-state index in [1.54, 1.807) is 12.1 Å². The van der Waals surface area contributed by atoms with Crippen molar-refractivity contribution in [1.82, 2.24) is 14.7 Å².